The Balaban J connectivity index is 1.49. The van der Waals surface area contributed by atoms with Gasteiger partial charge in [0.2, 0.25) is 0 Å². The Kier molecular flexibility index (Phi) is 11.2. The number of alkyl carbamates (subject to hydrolysis) is 1. The van der Waals surface area contributed by atoms with Crippen molar-refractivity contribution in [3.05, 3.63) is 82.9 Å². The van der Waals surface area contributed by atoms with E-state index in [0.717, 1.165) is 6.92 Å². The lowest BCUT2D eigenvalue weighted by Gasteiger charge is -2.67. The first kappa shape index (κ1) is 42.9. The van der Waals surface area contributed by atoms with E-state index in [2.05, 4.69) is 5.32 Å². The number of ether oxygens (including phenoxy) is 5. The molecule has 6 rings (SSSR count). The molecule has 11 atom stereocenters. The monoisotopic (exact) mass is 807 g/mol. The number of fused-ring (bicyclic) bond motifs is 5. The molecule has 15 heteroatoms. The molecular formula is C43H53NO14. The van der Waals surface area contributed by atoms with E-state index in [4.69, 9.17) is 23.7 Å². The molecule has 2 saturated carbocycles. The Bertz CT molecular complexity index is 1980. The lowest BCUT2D eigenvalue weighted by atomic mass is 9.44. The third-order valence-corrected chi connectivity index (χ3v) is 12.6. The molecule has 2 aromatic rings. The van der Waals surface area contributed by atoms with Gasteiger partial charge in [-0.15, -0.1) is 0 Å². The number of nitrogens with one attached hydrogen (secondary N) is 1. The predicted octanol–water partition coefficient (Wildman–Crippen LogP) is 3.26. The molecule has 0 aromatic heterocycles. The van der Waals surface area contributed by atoms with Gasteiger partial charge in [-0.05, 0) is 63.5 Å². The molecule has 3 aliphatic carbocycles. The van der Waals surface area contributed by atoms with Crippen LogP contribution in [0, 0.1) is 16.7 Å². The van der Waals surface area contributed by atoms with Crippen LogP contribution in [0.2, 0.25) is 0 Å². The van der Waals surface area contributed by atoms with Crippen LogP contribution in [-0.2, 0) is 38.1 Å². The van der Waals surface area contributed by atoms with E-state index in [1.165, 1.54) is 26.0 Å². The highest BCUT2D eigenvalue weighted by Gasteiger charge is 2.78. The zero-order chi connectivity index (χ0) is 42.7. The van der Waals surface area contributed by atoms with Gasteiger partial charge in [0, 0.05) is 25.2 Å². The Morgan fingerprint density at radius 3 is 2.10 bits per heavy atom. The molecule has 15 nitrogen and oxygen atoms in total. The summed E-state index contributed by atoms with van der Waals surface area (Å²) in [6, 6.07) is 14.6. The Labute approximate surface area is 336 Å². The van der Waals surface area contributed by atoms with Gasteiger partial charge in [0.1, 0.15) is 35.6 Å². The molecule has 2 aromatic carbocycles. The number of carbonyl (C=O) groups is 5. The standard InChI is InChI=1S/C43H53NO14/c1-22-26(55-37(51)32(48)30(24-15-11-9-12-16-24)44-38(52)58-39(3,4)5)20-43(53)35(56-36(50)25-17-13-10-14-18-25)33-41(8,34(49)31(47)29(22)40(43,6)7)27(46)19-28-42(33,21-54-28)57-23(2)45/h9-18,26-28,30-33,35,46-48,53H,19-21H2,1-8H3,(H,44,52)/t26-,27-,28?,30-,31+,32+,33?,35-,41+,42-,43+/m0/s1. The summed E-state index contributed by atoms with van der Waals surface area (Å²) in [4.78, 5) is 68.9. The van der Waals surface area contributed by atoms with Crippen LogP contribution in [0.1, 0.15) is 90.2 Å². The summed E-state index contributed by atoms with van der Waals surface area (Å²) in [6.45, 7) is 11.8. The molecule has 1 aliphatic heterocycles. The predicted molar refractivity (Wildman–Crippen MR) is 204 cm³/mol. The zero-order valence-electron chi connectivity index (χ0n) is 33.9. The zero-order valence-corrected chi connectivity index (χ0v) is 33.9. The van der Waals surface area contributed by atoms with Gasteiger partial charge in [0.05, 0.1) is 35.6 Å². The molecule has 2 unspecified atom stereocenters. The first-order valence-electron chi connectivity index (χ1n) is 19.3. The van der Waals surface area contributed by atoms with Gasteiger partial charge in [-0.2, -0.15) is 0 Å². The molecule has 0 radical (unpaired) electrons. The largest absolute Gasteiger partial charge is 0.456 e. The lowest BCUT2D eigenvalue weighted by Crippen LogP contribution is -2.81. The van der Waals surface area contributed by atoms with E-state index < -0.39 is 112 Å². The first-order chi connectivity index (χ1) is 27.0. The summed E-state index contributed by atoms with van der Waals surface area (Å²) in [7, 11) is 0. The highest BCUT2D eigenvalue weighted by atomic mass is 16.6. The van der Waals surface area contributed by atoms with E-state index in [9.17, 15) is 44.4 Å². The highest BCUT2D eigenvalue weighted by Crippen LogP contribution is 2.64. The van der Waals surface area contributed by atoms with Crippen molar-refractivity contribution in [3.63, 3.8) is 0 Å². The third kappa shape index (κ3) is 7.10. The van der Waals surface area contributed by atoms with Crippen LogP contribution in [0.25, 0.3) is 0 Å². The number of benzene rings is 2. The fourth-order valence-corrected chi connectivity index (χ4v) is 9.56. The molecule has 5 N–H and O–H groups in total. The van der Waals surface area contributed by atoms with Crippen molar-refractivity contribution in [3.8, 4) is 0 Å². The second-order valence-electron chi connectivity index (χ2n) is 17.6. The number of Topliss-reactive ketones (excluding diaryl/α,β-unsaturated/α-hetero) is 1. The fourth-order valence-electron chi connectivity index (χ4n) is 9.56. The summed E-state index contributed by atoms with van der Waals surface area (Å²) in [5, 5.41) is 51.6. The summed E-state index contributed by atoms with van der Waals surface area (Å²) < 4.78 is 29.5. The van der Waals surface area contributed by atoms with Crippen molar-refractivity contribution >= 4 is 29.8 Å². The molecule has 1 saturated heterocycles. The SMILES string of the molecule is CC(=O)O[C@@]12COC1C[C@H](O)[C@@]1(C)C(=O)[C@H](O)C3=C(C)[C@@H](OC(=O)[C@H](O)[C@@H](NC(=O)OC(C)(C)C)c4ccccc4)C[C@@](O)([C@@H](OC(=O)c4ccccc4)C21)C3(C)C. The summed E-state index contributed by atoms with van der Waals surface area (Å²) in [5.41, 5.74) is -8.14. The Hall–Kier alpha value is -4.67. The number of hydrogen-bond acceptors (Lipinski definition) is 14. The van der Waals surface area contributed by atoms with Crippen LogP contribution in [-0.4, -0.2) is 110 Å². The van der Waals surface area contributed by atoms with Crippen molar-refractivity contribution in [1.29, 1.82) is 0 Å². The fraction of sp³-hybridized carbons (Fsp3) is 0.558. The van der Waals surface area contributed by atoms with Crippen LogP contribution in [0.3, 0.4) is 0 Å². The van der Waals surface area contributed by atoms with Crippen LogP contribution in [0.15, 0.2) is 71.8 Å². The van der Waals surface area contributed by atoms with E-state index >= 15 is 0 Å². The molecular weight excluding hydrogens is 754 g/mol. The van der Waals surface area contributed by atoms with E-state index in [1.54, 1.807) is 83.1 Å². The van der Waals surface area contributed by atoms with Crippen LogP contribution >= 0.6 is 0 Å². The van der Waals surface area contributed by atoms with Gasteiger partial charge in [0.15, 0.2) is 17.5 Å². The number of carbonyl (C=O) groups excluding carboxylic acids is 5. The number of amides is 1. The second-order valence-corrected chi connectivity index (χ2v) is 17.6. The van der Waals surface area contributed by atoms with Gasteiger partial charge in [0.25, 0.3) is 0 Å². The molecule has 4 aliphatic rings. The van der Waals surface area contributed by atoms with Crippen molar-refractivity contribution < 1.29 is 68.1 Å². The Morgan fingerprint density at radius 2 is 1.55 bits per heavy atom. The minimum atomic E-state index is -2.35. The van der Waals surface area contributed by atoms with Gasteiger partial charge < -0.3 is 49.4 Å². The van der Waals surface area contributed by atoms with Crippen LogP contribution in [0.4, 0.5) is 4.79 Å². The van der Waals surface area contributed by atoms with E-state index in [-0.39, 0.29) is 29.7 Å². The number of rotatable bonds is 8. The number of hydrogen-bond donors (Lipinski definition) is 5. The molecule has 314 valence electrons. The summed E-state index contributed by atoms with van der Waals surface area (Å²) >= 11 is 0. The quantitative estimate of drug-likeness (QED) is 0.147. The first-order valence-corrected chi connectivity index (χ1v) is 19.3. The van der Waals surface area contributed by atoms with Crippen LogP contribution in [0.5, 0.6) is 0 Å². The Morgan fingerprint density at radius 1 is 0.948 bits per heavy atom. The van der Waals surface area contributed by atoms with Gasteiger partial charge in [-0.3, -0.25) is 9.59 Å². The van der Waals surface area contributed by atoms with Gasteiger partial charge in [-0.1, -0.05) is 62.4 Å². The minimum absolute atomic E-state index is 0.0637. The molecule has 58 heavy (non-hydrogen) atoms. The normalized spacial score (nSPS) is 33.7. The smallest absolute Gasteiger partial charge is 0.408 e. The van der Waals surface area contributed by atoms with E-state index in [1.807, 2.05) is 0 Å². The maximum absolute atomic E-state index is 14.9. The third-order valence-electron chi connectivity index (χ3n) is 12.6. The van der Waals surface area contributed by atoms with Crippen molar-refractivity contribution in [2.75, 3.05) is 6.61 Å². The van der Waals surface area contributed by atoms with Crippen molar-refractivity contribution in [2.24, 2.45) is 16.7 Å². The van der Waals surface area contributed by atoms with Crippen molar-refractivity contribution in [2.45, 2.75) is 128 Å². The molecule has 1 heterocycles. The van der Waals surface area contributed by atoms with Crippen molar-refractivity contribution in [1.82, 2.24) is 5.32 Å². The second kappa shape index (κ2) is 15.2. The molecule has 3 fully saturated rings. The number of ketones is 1. The van der Waals surface area contributed by atoms with Gasteiger partial charge >= 0.3 is 24.0 Å². The lowest BCUT2D eigenvalue weighted by molar-refractivity contribution is -0.346. The summed E-state index contributed by atoms with van der Waals surface area (Å²) in [6.07, 6.45) is -11.5. The summed E-state index contributed by atoms with van der Waals surface area (Å²) in [5.74, 6) is -5.36. The average Bonchev–Trinajstić information content (AvgIpc) is 3.14. The van der Waals surface area contributed by atoms with Crippen LogP contribution < -0.4 is 5.32 Å². The topological polar surface area (TPSA) is 224 Å². The highest BCUT2D eigenvalue weighted by molar-refractivity contribution is 5.94. The van der Waals surface area contributed by atoms with Gasteiger partial charge in [-0.25, -0.2) is 14.4 Å². The molecule has 1 amide bonds. The minimum Gasteiger partial charge on any atom is -0.456 e. The number of esters is 3. The number of aliphatic hydroxyl groups is 4. The van der Waals surface area contributed by atoms with E-state index in [0.29, 0.717) is 5.56 Å². The maximum atomic E-state index is 14.9. The molecule has 2 bridgehead atoms. The number of aliphatic hydroxyl groups excluding tert-OH is 3. The molecule has 0 spiro atoms. The average molecular weight is 808 g/mol. The maximum Gasteiger partial charge on any atom is 0.408 e.